The number of ether oxygens (including phenoxy) is 2. The Morgan fingerprint density at radius 2 is 1.33 bits per heavy atom. The third kappa shape index (κ3) is 12.4. The number of H-pyrrole nitrogens is 1. The van der Waals surface area contributed by atoms with E-state index in [1.54, 1.807) is 36.5 Å². The van der Waals surface area contributed by atoms with Gasteiger partial charge in [0.05, 0.1) is 6.10 Å². The minimum atomic E-state index is -1.96. The highest BCUT2D eigenvalue weighted by atomic mass is 16.6. The van der Waals surface area contributed by atoms with Gasteiger partial charge in [-0.1, -0.05) is 78.9 Å². The van der Waals surface area contributed by atoms with E-state index in [9.17, 15) is 49.2 Å². The van der Waals surface area contributed by atoms with E-state index in [2.05, 4.69) is 36.9 Å². The molecule has 3 heterocycles. The van der Waals surface area contributed by atoms with Gasteiger partial charge in [0.1, 0.15) is 55.2 Å². The maximum Gasteiger partial charge on any atom is 0.407 e. The van der Waals surface area contributed by atoms with Crippen LogP contribution in [0.3, 0.4) is 0 Å². The summed E-state index contributed by atoms with van der Waals surface area (Å²) in [5.41, 5.74) is 2.81. The van der Waals surface area contributed by atoms with Crippen LogP contribution < -0.4 is 31.9 Å². The summed E-state index contributed by atoms with van der Waals surface area (Å²) < 4.78 is 11.0. The predicted molar refractivity (Wildman–Crippen MR) is 230 cm³/mol. The number of fused-ring (bicyclic) bond motifs is 3. The van der Waals surface area contributed by atoms with Gasteiger partial charge in [-0.3, -0.25) is 24.0 Å². The zero-order valence-corrected chi connectivity index (χ0v) is 35.1. The van der Waals surface area contributed by atoms with Crippen LogP contribution in [-0.2, 0) is 52.9 Å². The molecule has 2 bridgehead atoms. The van der Waals surface area contributed by atoms with Crippen molar-refractivity contribution in [3.8, 4) is 0 Å². The zero-order chi connectivity index (χ0) is 45.8. The Hall–Kier alpha value is -6.38. The molecule has 0 unspecified atom stereocenters. The zero-order valence-electron chi connectivity index (χ0n) is 35.1. The molecule has 4 aromatic rings. The van der Waals surface area contributed by atoms with Gasteiger partial charge < -0.3 is 66.8 Å². The Morgan fingerprint density at radius 3 is 2.03 bits per heavy atom. The second kappa shape index (κ2) is 22.3. The first-order valence-corrected chi connectivity index (χ1v) is 21.2. The molecule has 2 fully saturated rings. The number of hydrogen-bond acceptors (Lipinski definition) is 12. The number of benzene rings is 3. The summed E-state index contributed by atoms with van der Waals surface area (Å²) in [4.78, 5) is 85.9. The van der Waals surface area contributed by atoms with E-state index >= 15 is 0 Å². The molecule has 6 rings (SSSR count). The summed E-state index contributed by atoms with van der Waals surface area (Å²) in [6.45, 7) is 0.924. The molecule has 0 spiro atoms. The minimum Gasteiger partial charge on any atom is -0.445 e. The van der Waals surface area contributed by atoms with Crippen LogP contribution in [0.4, 0.5) is 4.79 Å². The topological polar surface area (TPSA) is 290 Å². The van der Waals surface area contributed by atoms with E-state index in [-0.39, 0.29) is 38.8 Å². The number of carbonyl (C=O) groups excluding carboxylic acids is 6. The Morgan fingerprint density at radius 1 is 0.719 bits per heavy atom. The van der Waals surface area contributed by atoms with Crippen molar-refractivity contribution in [3.63, 3.8) is 0 Å². The Bertz CT molecular complexity index is 2220. The third-order valence-corrected chi connectivity index (χ3v) is 11.2. The molecule has 2 saturated heterocycles. The fourth-order valence-electron chi connectivity index (χ4n) is 7.60. The molecule has 6 amide bonds. The molecule has 1 aromatic heterocycles. The number of aromatic nitrogens is 1. The van der Waals surface area contributed by atoms with Crippen LogP contribution in [0.5, 0.6) is 0 Å². The SMILES string of the molecule is C[C@H](O)[C@@H]1NC(=O)[C@H](CCCCNC(=O)OCc2ccccc2)NC(=O)[C@@H](Cc2c[nH]c3ccccc23)NC(=O)[C@H](Cc2ccccc2)NC(=O)[C@H]2O[C@@H](CNC1=O)[C@H](O)[C@@H](O)[C@@H]2O. The van der Waals surface area contributed by atoms with Crippen molar-refractivity contribution in [1.82, 2.24) is 36.9 Å². The number of alkyl carbamates (subject to hydrolysis) is 1. The quantitative estimate of drug-likeness (QED) is 0.0792. The fourth-order valence-corrected chi connectivity index (χ4v) is 7.60. The normalized spacial score (nSPS) is 26.5. The lowest BCUT2D eigenvalue weighted by Gasteiger charge is -2.40. The van der Waals surface area contributed by atoms with Crippen molar-refractivity contribution in [2.75, 3.05) is 13.1 Å². The van der Waals surface area contributed by atoms with Gasteiger partial charge in [-0.25, -0.2) is 4.79 Å². The molecule has 2 aliphatic heterocycles. The monoisotopic (exact) mass is 885 g/mol. The molecule has 3 aromatic carbocycles. The lowest BCUT2D eigenvalue weighted by molar-refractivity contribution is -0.219. The molecular formula is C45H55N7O12. The Labute approximate surface area is 368 Å². The third-order valence-electron chi connectivity index (χ3n) is 11.2. The van der Waals surface area contributed by atoms with Crippen molar-refractivity contribution >= 4 is 46.5 Å². The molecule has 11 N–H and O–H groups in total. The first kappa shape index (κ1) is 47.1. The number of amides is 6. The van der Waals surface area contributed by atoms with E-state index in [1.165, 1.54) is 6.92 Å². The average molecular weight is 886 g/mol. The standard InChI is InChI=1S/C45H55N7O12/c1-25(53)35-43(60)48-23-34-36(54)37(55)38(56)39(64-34)44(61)51-32(20-26-12-4-2-5-13-26)41(58)50-33(21-28-22-47-30-17-9-8-16-29(28)30)42(59)49-31(40(57)52-35)18-10-11-19-46-45(62)63-24-27-14-6-3-7-15-27/h2-9,12-17,22,25,31-39,47,53-56H,10-11,18-21,23-24H2,1H3,(H,46,62)(H,48,60)(H,49,59)(H,50,58)(H,51,61)(H,52,57)/t25-,31-,32-,33+,34-,35-,36-,37+,38-,39-/m0/s1. The Balaban J connectivity index is 1.28. The molecule has 64 heavy (non-hydrogen) atoms. The highest BCUT2D eigenvalue weighted by molar-refractivity contribution is 5.97. The smallest absolute Gasteiger partial charge is 0.407 e. The summed E-state index contributed by atoms with van der Waals surface area (Å²) in [5.74, 6) is -4.43. The lowest BCUT2D eigenvalue weighted by Crippen LogP contribution is -2.66. The van der Waals surface area contributed by atoms with Gasteiger partial charge in [0.2, 0.25) is 23.6 Å². The van der Waals surface area contributed by atoms with Crippen LogP contribution in [0.1, 0.15) is 42.9 Å². The molecule has 2 aliphatic rings. The molecule has 0 saturated carbocycles. The predicted octanol–water partition coefficient (Wildman–Crippen LogP) is -0.650. The van der Waals surface area contributed by atoms with E-state index in [1.807, 2.05) is 54.6 Å². The average Bonchev–Trinajstić information content (AvgIpc) is 3.70. The van der Waals surface area contributed by atoms with Crippen LogP contribution >= 0.6 is 0 Å². The minimum absolute atomic E-state index is 0.0172. The van der Waals surface area contributed by atoms with Crippen LogP contribution in [-0.4, -0.2) is 135 Å². The number of aliphatic hydroxyl groups excluding tert-OH is 4. The number of nitrogens with one attached hydrogen (secondary N) is 7. The second-order valence-electron chi connectivity index (χ2n) is 16.0. The van der Waals surface area contributed by atoms with E-state index < -0.39 is 103 Å². The van der Waals surface area contributed by atoms with Crippen molar-refractivity contribution in [3.05, 3.63) is 108 Å². The van der Waals surface area contributed by atoms with Gasteiger partial charge >= 0.3 is 6.09 Å². The molecule has 342 valence electrons. The van der Waals surface area contributed by atoms with Crippen LogP contribution in [0.2, 0.25) is 0 Å². The summed E-state index contributed by atoms with van der Waals surface area (Å²) in [6, 6.07) is 19.4. The first-order valence-electron chi connectivity index (χ1n) is 21.2. The maximum atomic E-state index is 14.5. The Kier molecular flexibility index (Phi) is 16.4. The van der Waals surface area contributed by atoms with Gasteiger partial charge in [-0.05, 0) is 48.9 Å². The van der Waals surface area contributed by atoms with Gasteiger partial charge in [0, 0.05) is 43.0 Å². The van der Waals surface area contributed by atoms with Crippen molar-refractivity contribution in [2.24, 2.45) is 0 Å². The van der Waals surface area contributed by atoms with Crippen LogP contribution in [0.15, 0.2) is 91.1 Å². The van der Waals surface area contributed by atoms with Gasteiger partial charge in [-0.2, -0.15) is 0 Å². The molecule has 0 radical (unpaired) electrons. The number of para-hydroxylation sites is 1. The molecule has 19 nitrogen and oxygen atoms in total. The number of aromatic amines is 1. The second-order valence-corrected chi connectivity index (χ2v) is 16.0. The first-order chi connectivity index (χ1) is 30.8. The summed E-state index contributed by atoms with van der Waals surface area (Å²) in [7, 11) is 0. The number of hydrogen-bond donors (Lipinski definition) is 11. The maximum absolute atomic E-state index is 14.5. The molecule has 0 aliphatic carbocycles. The molecule has 19 heteroatoms. The number of rotatable bonds is 12. The summed E-state index contributed by atoms with van der Waals surface area (Å²) in [6.07, 6.45) is -9.04. The van der Waals surface area contributed by atoms with E-state index in [0.29, 0.717) is 17.5 Å². The van der Waals surface area contributed by atoms with Gasteiger partial charge in [0.25, 0.3) is 5.91 Å². The fraction of sp³-hybridized carbons (Fsp3) is 0.422. The molecular weight excluding hydrogens is 831 g/mol. The van der Waals surface area contributed by atoms with E-state index in [4.69, 9.17) is 9.47 Å². The van der Waals surface area contributed by atoms with Crippen LogP contribution in [0.25, 0.3) is 10.9 Å². The summed E-state index contributed by atoms with van der Waals surface area (Å²) in [5, 5.41) is 59.6. The van der Waals surface area contributed by atoms with Crippen LogP contribution in [0, 0.1) is 0 Å². The van der Waals surface area contributed by atoms with Crippen molar-refractivity contribution < 1.29 is 58.7 Å². The van der Waals surface area contributed by atoms with Gasteiger partial charge in [-0.15, -0.1) is 0 Å². The van der Waals surface area contributed by atoms with Crippen molar-refractivity contribution in [2.45, 2.75) is 106 Å². The number of unbranched alkanes of at least 4 members (excludes halogenated alkanes) is 1. The largest absolute Gasteiger partial charge is 0.445 e. The number of aliphatic hydroxyl groups is 4. The lowest BCUT2D eigenvalue weighted by atomic mass is 9.93. The number of carbonyl (C=O) groups is 6. The van der Waals surface area contributed by atoms with Gasteiger partial charge in [0.15, 0.2) is 6.10 Å². The van der Waals surface area contributed by atoms with E-state index in [0.717, 1.165) is 16.5 Å². The summed E-state index contributed by atoms with van der Waals surface area (Å²) >= 11 is 0. The van der Waals surface area contributed by atoms with Crippen molar-refractivity contribution in [1.29, 1.82) is 0 Å². The highest BCUT2D eigenvalue weighted by Crippen LogP contribution is 2.23. The molecule has 10 atom stereocenters. The highest BCUT2D eigenvalue weighted by Gasteiger charge is 2.47.